The number of fused-ring (bicyclic) bond motifs is 2. The van der Waals surface area contributed by atoms with Crippen molar-refractivity contribution in [2.24, 2.45) is 0 Å². The van der Waals surface area contributed by atoms with Gasteiger partial charge < -0.3 is 14.1 Å². The van der Waals surface area contributed by atoms with Gasteiger partial charge in [0.1, 0.15) is 11.6 Å². The molecule has 1 aliphatic rings. The van der Waals surface area contributed by atoms with Crippen molar-refractivity contribution < 1.29 is 18.3 Å². The summed E-state index contributed by atoms with van der Waals surface area (Å²) >= 11 is 0. The normalized spacial score (nSPS) is 21.5. The highest BCUT2D eigenvalue weighted by atomic mass is 19.4. The van der Waals surface area contributed by atoms with E-state index in [0.29, 0.717) is 11.6 Å². The standard InChI is InChI=1S/C25H23F3N4O/c1-24(33)8-4-18(5-9-24)31-10-6-17-12-16(2-3-22(17)31)20-7-11-32-19(13-25(26,27)28)15-30-23(32)21(20)14-29/h2-3,6-7,10-12,15,18,33H,4-5,8-9,13H2,1H3/t18-,24+. The molecule has 33 heavy (non-hydrogen) atoms. The molecule has 8 heteroatoms. The number of hydrogen-bond acceptors (Lipinski definition) is 3. The highest BCUT2D eigenvalue weighted by Crippen LogP contribution is 2.37. The van der Waals surface area contributed by atoms with E-state index in [9.17, 15) is 23.5 Å². The molecule has 4 aromatic rings. The fourth-order valence-corrected chi connectivity index (χ4v) is 4.94. The number of aromatic nitrogens is 3. The van der Waals surface area contributed by atoms with Crippen molar-refractivity contribution in [2.75, 3.05) is 0 Å². The smallest absolute Gasteiger partial charge is 0.390 e. The first-order valence-corrected chi connectivity index (χ1v) is 10.9. The van der Waals surface area contributed by atoms with Gasteiger partial charge in [-0.15, -0.1) is 0 Å². The third-order valence-electron chi connectivity index (χ3n) is 6.71. The van der Waals surface area contributed by atoms with E-state index in [1.807, 2.05) is 31.2 Å². The minimum absolute atomic E-state index is 0.000428. The number of rotatable bonds is 3. The minimum Gasteiger partial charge on any atom is -0.390 e. The van der Waals surface area contributed by atoms with Crippen LogP contribution in [0.1, 0.15) is 49.9 Å². The molecule has 1 aliphatic carbocycles. The van der Waals surface area contributed by atoms with Crippen LogP contribution in [0.3, 0.4) is 0 Å². The lowest BCUT2D eigenvalue weighted by molar-refractivity contribution is -0.127. The largest absolute Gasteiger partial charge is 0.394 e. The van der Waals surface area contributed by atoms with Crippen LogP contribution in [0.5, 0.6) is 0 Å². The van der Waals surface area contributed by atoms with E-state index in [2.05, 4.69) is 21.8 Å². The zero-order valence-electron chi connectivity index (χ0n) is 18.1. The maximum Gasteiger partial charge on any atom is 0.394 e. The number of hydrogen-bond donors (Lipinski definition) is 1. The van der Waals surface area contributed by atoms with E-state index in [1.54, 1.807) is 12.3 Å². The minimum atomic E-state index is -4.35. The van der Waals surface area contributed by atoms with E-state index >= 15 is 0 Å². The highest BCUT2D eigenvalue weighted by molar-refractivity contribution is 5.88. The van der Waals surface area contributed by atoms with Crippen LogP contribution >= 0.6 is 0 Å². The zero-order valence-corrected chi connectivity index (χ0v) is 18.1. The molecule has 1 N–H and O–H groups in total. The summed E-state index contributed by atoms with van der Waals surface area (Å²) in [4.78, 5) is 4.12. The van der Waals surface area contributed by atoms with Crippen LogP contribution in [0, 0.1) is 11.3 Å². The Hall–Kier alpha value is -3.31. The predicted octanol–water partition coefficient (Wildman–Crippen LogP) is 5.80. The number of alkyl halides is 3. The van der Waals surface area contributed by atoms with Crippen LogP contribution in [0.25, 0.3) is 27.7 Å². The van der Waals surface area contributed by atoms with Gasteiger partial charge in [-0.05, 0) is 62.4 Å². The number of imidazole rings is 1. The molecule has 0 atom stereocenters. The van der Waals surface area contributed by atoms with Gasteiger partial charge in [0.25, 0.3) is 0 Å². The number of nitrogens with zero attached hydrogens (tertiary/aromatic N) is 4. The van der Waals surface area contributed by atoms with E-state index in [-0.39, 0.29) is 16.9 Å². The molecule has 0 spiro atoms. The first-order valence-electron chi connectivity index (χ1n) is 10.9. The fourth-order valence-electron chi connectivity index (χ4n) is 4.94. The summed E-state index contributed by atoms with van der Waals surface area (Å²) in [6.45, 7) is 1.89. The molecule has 170 valence electrons. The highest BCUT2D eigenvalue weighted by Gasteiger charge is 2.31. The molecule has 1 saturated carbocycles. The summed E-state index contributed by atoms with van der Waals surface area (Å²) in [7, 11) is 0. The van der Waals surface area contributed by atoms with Crippen LogP contribution in [-0.2, 0) is 6.42 Å². The Labute approximate surface area is 188 Å². The van der Waals surface area contributed by atoms with Crippen molar-refractivity contribution in [3.05, 3.63) is 60.2 Å². The van der Waals surface area contributed by atoms with Crippen LogP contribution < -0.4 is 0 Å². The molecule has 5 nitrogen and oxygen atoms in total. The van der Waals surface area contributed by atoms with Gasteiger partial charge in [0, 0.05) is 41.1 Å². The third-order valence-corrected chi connectivity index (χ3v) is 6.71. The Morgan fingerprint density at radius 1 is 1.18 bits per heavy atom. The zero-order chi connectivity index (χ0) is 23.4. The molecule has 0 unspecified atom stereocenters. The lowest BCUT2D eigenvalue weighted by atomic mass is 9.83. The molecule has 0 bridgehead atoms. The summed E-state index contributed by atoms with van der Waals surface area (Å²) in [6.07, 6.45) is 2.68. The summed E-state index contributed by atoms with van der Waals surface area (Å²) in [5, 5.41) is 21.1. The summed E-state index contributed by atoms with van der Waals surface area (Å²) in [5.41, 5.74) is 2.41. The third kappa shape index (κ3) is 3.98. The second-order valence-electron chi connectivity index (χ2n) is 9.18. The Bertz CT molecular complexity index is 1380. The van der Waals surface area contributed by atoms with Crippen molar-refractivity contribution >= 4 is 16.6 Å². The Balaban J connectivity index is 1.52. The molecule has 1 fully saturated rings. The number of benzene rings is 1. The lowest BCUT2D eigenvalue weighted by Gasteiger charge is -2.34. The monoisotopic (exact) mass is 452 g/mol. The average Bonchev–Trinajstić information content (AvgIpc) is 3.36. The number of aliphatic hydroxyl groups is 1. The second kappa shape index (κ2) is 7.63. The Morgan fingerprint density at radius 2 is 1.94 bits per heavy atom. The molecular formula is C25H23F3N4O. The maximum absolute atomic E-state index is 12.9. The van der Waals surface area contributed by atoms with Crippen LogP contribution in [-0.4, -0.2) is 30.8 Å². The maximum atomic E-state index is 12.9. The topological polar surface area (TPSA) is 66.2 Å². The SMILES string of the molecule is C[C@]1(O)CC[C@@H](n2ccc3cc(-c4ccn5c(CC(F)(F)F)cnc5c4C#N)ccc32)CC1. The van der Waals surface area contributed by atoms with Crippen LogP contribution in [0.4, 0.5) is 13.2 Å². The first kappa shape index (κ1) is 21.5. The van der Waals surface area contributed by atoms with Gasteiger partial charge in [-0.25, -0.2) is 4.98 Å². The van der Waals surface area contributed by atoms with Gasteiger partial charge in [-0.1, -0.05) is 6.07 Å². The van der Waals surface area contributed by atoms with E-state index in [0.717, 1.165) is 42.1 Å². The first-order chi connectivity index (χ1) is 15.6. The molecule has 0 radical (unpaired) electrons. The van der Waals surface area contributed by atoms with E-state index < -0.39 is 18.2 Å². The van der Waals surface area contributed by atoms with Crippen LogP contribution in [0.2, 0.25) is 0 Å². The van der Waals surface area contributed by atoms with Crippen LogP contribution in [0.15, 0.2) is 48.9 Å². The molecule has 1 aromatic carbocycles. The summed E-state index contributed by atoms with van der Waals surface area (Å²) in [6, 6.07) is 12.1. The Morgan fingerprint density at radius 3 is 2.64 bits per heavy atom. The molecule has 0 aliphatic heterocycles. The van der Waals surface area contributed by atoms with Crippen molar-refractivity contribution in [3.8, 4) is 17.2 Å². The predicted molar refractivity (Wildman–Crippen MR) is 119 cm³/mol. The van der Waals surface area contributed by atoms with Gasteiger partial charge in [-0.3, -0.25) is 0 Å². The molecule has 3 aromatic heterocycles. The second-order valence-corrected chi connectivity index (χ2v) is 9.18. The summed E-state index contributed by atoms with van der Waals surface area (Å²) in [5.74, 6) is 0. The lowest BCUT2D eigenvalue weighted by Crippen LogP contribution is -2.31. The molecule has 0 amide bonds. The van der Waals surface area contributed by atoms with Gasteiger partial charge in [0.15, 0.2) is 5.65 Å². The van der Waals surface area contributed by atoms with Crippen molar-refractivity contribution in [1.82, 2.24) is 14.0 Å². The number of pyridine rings is 1. The van der Waals surface area contributed by atoms with Crippen molar-refractivity contribution in [2.45, 2.75) is 56.8 Å². The van der Waals surface area contributed by atoms with Crippen molar-refractivity contribution in [1.29, 1.82) is 5.26 Å². The fraction of sp³-hybridized carbons (Fsp3) is 0.360. The number of halogens is 3. The number of nitriles is 1. The molecule has 3 heterocycles. The van der Waals surface area contributed by atoms with E-state index in [4.69, 9.17) is 0 Å². The van der Waals surface area contributed by atoms with Gasteiger partial charge in [-0.2, -0.15) is 18.4 Å². The average molecular weight is 452 g/mol. The molecule has 0 saturated heterocycles. The van der Waals surface area contributed by atoms with E-state index in [1.165, 1.54) is 10.6 Å². The van der Waals surface area contributed by atoms with Gasteiger partial charge >= 0.3 is 6.18 Å². The van der Waals surface area contributed by atoms with Crippen molar-refractivity contribution in [3.63, 3.8) is 0 Å². The molecule has 5 rings (SSSR count). The molecular weight excluding hydrogens is 429 g/mol. The van der Waals surface area contributed by atoms with Gasteiger partial charge in [0.2, 0.25) is 0 Å². The quantitative estimate of drug-likeness (QED) is 0.427. The Kier molecular flexibility index (Phi) is 4.98. The van der Waals surface area contributed by atoms with Gasteiger partial charge in [0.05, 0.1) is 17.7 Å². The summed E-state index contributed by atoms with van der Waals surface area (Å²) < 4.78 is 42.2.